The third-order valence-corrected chi connectivity index (χ3v) is 2.72. The van der Waals surface area contributed by atoms with Crippen molar-refractivity contribution in [2.45, 2.75) is 20.3 Å². The highest BCUT2D eigenvalue weighted by molar-refractivity contribution is 6.33. The number of likely N-dealkylation sites (N-methyl/N-ethyl adjacent to an activating group) is 1. The first kappa shape index (κ1) is 16.2. The zero-order valence-corrected chi connectivity index (χ0v) is 12.4. The molecule has 3 N–H and O–H groups in total. The van der Waals surface area contributed by atoms with Crippen molar-refractivity contribution in [2.24, 2.45) is 0 Å². The van der Waals surface area contributed by atoms with E-state index < -0.39 is 0 Å². The van der Waals surface area contributed by atoms with Gasteiger partial charge in [0, 0.05) is 19.3 Å². The van der Waals surface area contributed by atoms with E-state index in [1.165, 1.54) is 12.3 Å². The Balaban J connectivity index is 2.60. The van der Waals surface area contributed by atoms with Crippen LogP contribution in [0.15, 0.2) is 12.3 Å². The average Bonchev–Trinajstić information content (AvgIpc) is 2.43. The molecule has 0 saturated carbocycles. The van der Waals surface area contributed by atoms with Gasteiger partial charge >= 0.3 is 0 Å². The predicted molar refractivity (Wildman–Crippen MR) is 79.0 cm³/mol. The van der Waals surface area contributed by atoms with Crippen molar-refractivity contribution in [3.8, 4) is 0 Å². The van der Waals surface area contributed by atoms with Crippen LogP contribution in [0.3, 0.4) is 0 Å². The predicted octanol–water partition coefficient (Wildman–Crippen LogP) is 1.42. The van der Waals surface area contributed by atoms with Crippen LogP contribution in [-0.4, -0.2) is 36.4 Å². The number of hydrogen-bond donors (Lipinski definition) is 3. The summed E-state index contributed by atoms with van der Waals surface area (Å²) in [4.78, 5) is 27.2. The van der Waals surface area contributed by atoms with Crippen LogP contribution in [-0.2, 0) is 4.79 Å². The van der Waals surface area contributed by atoms with Gasteiger partial charge in [-0.15, -0.1) is 0 Å². The largest absolute Gasteiger partial charge is 0.369 e. The number of carbonyl (C=O) groups excluding carboxylic acids is 2. The number of anilines is 1. The molecule has 0 atom stereocenters. The number of nitrogens with one attached hydrogen (secondary N) is 3. The molecule has 110 valence electrons. The monoisotopic (exact) mass is 298 g/mol. The summed E-state index contributed by atoms with van der Waals surface area (Å²) in [5.41, 5.74) is 0.321. The molecule has 7 heteroatoms. The second-order valence-electron chi connectivity index (χ2n) is 4.12. The fourth-order valence-electron chi connectivity index (χ4n) is 1.46. The fraction of sp³-hybridized carbons (Fsp3) is 0.462. The molecule has 1 aromatic heterocycles. The van der Waals surface area contributed by atoms with Gasteiger partial charge in [-0.05, 0) is 19.4 Å². The topological polar surface area (TPSA) is 83.1 Å². The minimum absolute atomic E-state index is 0.0693. The number of pyridine rings is 1. The van der Waals surface area contributed by atoms with Crippen molar-refractivity contribution < 1.29 is 9.59 Å². The van der Waals surface area contributed by atoms with Gasteiger partial charge in [0.1, 0.15) is 5.82 Å². The lowest BCUT2D eigenvalue weighted by atomic mass is 10.2. The number of rotatable bonds is 7. The average molecular weight is 299 g/mol. The summed E-state index contributed by atoms with van der Waals surface area (Å²) in [6, 6.07) is 1.53. The highest BCUT2D eigenvalue weighted by Crippen LogP contribution is 2.19. The van der Waals surface area contributed by atoms with Gasteiger partial charge in [-0.1, -0.05) is 18.5 Å². The molecular weight excluding hydrogens is 280 g/mol. The van der Waals surface area contributed by atoms with Gasteiger partial charge < -0.3 is 16.0 Å². The van der Waals surface area contributed by atoms with Crippen LogP contribution >= 0.6 is 11.6 Å². The number of halogens is 1. The van der Waals surface area contributed by atoms with Crippen LogP contribution in [0.4, 0.5) is 5.82 Å². The Morgan fingerprint density at radius 2 is 2.05 bits per heavy atom. The maximum atomic E-state index is 11.8. The van der Waals surface area contributed by atoms with Gasteiger partial charge in [-0.2, -0.15) is 0 Å². The number of carbonyl (C=O) groups is 2. The van der Waals surface area contributed by atoms with Gasteiger partial charge in [0.25, 0.3) is 5.91 Å². The van der Waals surface area contributed by atoms with Gasteiger partial charge in [0.05, 0.1) is 17.1 Å². The molecule has 2 amide bonds. The quantitative estimate of drug-likeness (QED) is 0.711. The zero-order chi connectivity index (χ0) is 15.0. The highest BCUT2D eigenvalue weighted by atomic mass is 35.5. The lowest BCUT2D eigenvalue weighted by Gasteiger charge is -2.08. The van der Waals surface area contributed by atoms with Crippen LogP contribution in [0.25, 0.3) is 0 Å². The first-order valence-corrected chi connectivity index (χ1v) is 6.90. The summed E-state index contributed by atoms with van der Waals surface area (Å²) in [6.45, 7) is 5.06. The molecule has 0 saturated heterocycles. The molecule has 1 aromatic rings. The number of nitrogens with zero attached hydrogens (tertiary/aromatic N) is 1. The van der Waals surface area contributed by atoms with Gasteiger partial charge in [-0.25, -0.2) is 4.98 Å². The lowest BCUT2D eigenvalue weighted by Crippen LogP contribution is -2.36. The number of hydrogen-bond acceptors (Lipinski definition) is 4. The Bertz CT molecular complexity index is 479. The number of aromatic nitrogens is 1. The molecule has 0 spiro atoms. The van der Waals surface area contributed by atoms with E-state index in [2.05, 4.69) is 20.9 Å². The fourth-order valence-corrected chi connectivity index (χ4v) is 1.69. The Morgan fingerprint density at radius 3 is 2.65 bits per heavy atom. The summed E-state index contributed by atoms with van der Waals surface area (Å²) in [5, 5.41) is 8.53. The molecule has 0 fully saturated rings. The van der Waals surface area contributed by atoms with Crippen molar-refractivity contribution in [3.05, 3.63) is 22.8 Å². The molecular formula is C13H19ClN4O2. The minimum Gasteiger partial charge on any atom is -0.369 e. The molecule has 20 heavy (non-hydrogen) atoms. The lowest BCUT2D eigenvalue weighted by molar-refractivity contribution is -0.120. The standard InChI is InChI=1S/C13H19ClN4O2/c1-3-5-16-12-10(14)6-9(7-17-12)13(20)18-8-11(19)15-4-2/h6-7H,3-5,8H2,1-2H3,(H,15,19)(H,16,17)(H,18,20). The SMILES string of the molecule is CCCNc1ncc(C(=O)NCC(=O)NCC)cc1Cl. The van der Waals surface area contributed by atoms with Crippen LogP contribution in [0.2, 0.25) is 5.02 Å². The second-order valence-corrected chi connectivity index (χ2v) is 4.52. The van der Waals surface area contributed by atoms with Crippen molar-refractivity contribution >= 4 is 29.2 Å². The summed E-state index contributed by atoms with van der Waals surface area (Å²) < 4.78 is 0. The van der Waals surface area contributed by atoms with Crippen molar-refractivity contribution in [1.29, 1.82) is 0 Å². The van der Waals surface area contributed by atoms with E-state index in [4.69, 9.17) is 11.6 Å². The summed E-state index contributed by atoms with van der Waals surface area (Å²) in [6.07, 6.45) is 2.38. The third-order valence-electron chi connectivity index (χ3n) is 2.43. The first-order valence-electron chi connectivity index (χ1n) is 6.52. The van der Waals surface area contributed by atoms with E-state index in [0.717, 1.165) is 13.0 Å². The smallest absolute Gasteiger partial charge is 0.253 e. The summed E-state index contributed by atoms with van der Waals surface area (Å²) >= 11 is 6.04. The molecule has 0 aliphatic heterocycles. The summed E-state index contributed by atoms with van der Waals surface area (Å²) in [5.74, 6) is -0.0670. The van der Waals surface area contributed by atoms with Crippen LogP contribution in [0, 0.1) is 0 Å². The Kier molecular flexibility index (Phi) is 6.79. The van der Waals surface area contributed by atoms with Gasteiger partial charge in [0.15, 0.2) is 0 Å². The van der Waals surface area contributed by atoms with E-state index in [1.54, 1.807) is 0 Å². The van der Waals surface area contributed by atoms with E-state index >= 15 is 0 Å². The van der Waals surface area contributed by atoms with Crippen LogP contribution in [0.5, 0.6) is 0 Å². The molecule has 1 rings (SSSR count). The molecule has 0 aromatic carbocycles. The molecule has 1 heterocycles. The second kappa shape index (κ2) is 8.37. The molecule has 0 aliphatic rings. The molecule has 0 radical (unpaired) electrons. The molecule has 6 nitrogen and oxygen atoms in total. The van der Waals surface area contributed by atoms with Crippen molar-refractivity contribution in [2.75, 3.05) is 25.0 Å². The molecule has 0 bridgehead atoms. The Hall–Kier alpha value is -1.82. The van der Waals surface area contributed by atoms with E-state index in [-0.39, 0.29) is 18.4 Å². The molecule has 0 unspecified atom stereocenters. The zero-order valence-electron chi connectivity index (χ0n) is 11.6. The van der Waals surface area contributed by atoms with Gasteiger partial charge in [-0.3, -0.25) is 9.59 Å². The van der Waals surface area contributed by atoms with Crippen LogP contribution in [0.1, 0.15) is 30.6 Å². The third kappa shape index (κ3) is 5.05. The minimum atomic E-state index is -0.382. The highest BCUT2D eigenvalue weighted by Gasteiger charge is 2.10. The normalized spacial score (nSPS) is 9.95. The van der Waals surface area contributed by atoms with E-state index in [0.29, 0.717) is 22.9 Å². The van der Waals surface area contributed by atoms with E-state index in [1.807, 2.05) is 13.8 Å². The maximum absolute atomic E-state index is 11.8. The molecule has 0 aliphatic carbocycles. The van der Waals surface area contributed by atoms with Crippen molar-refractivity contribution in [1.82, 2.24) is 15.6 Å². The maximum Gasteiger partial charge on any atom is 0.253 e. The first-order chi connectivity index (χ1) is 9.58. The number of amides is 2. The van der Waals surface area contributed by atoms with Crippen LogP contribution < -0.4 is 16.0 Å². The Labute approximate surface area is 123 Å². The summed E-state index contributed by atoms with van der Waals surface area (Å²) in [7, 11) is 0. The van der Waals surface area contributed by atoms with E-state index in [9.17, 15) is 9.59 Å². The van der Waals surface area contributed by atoms with Gasteiger partial charge in [0.2, 0.25) is 5.91 Å². The Morgan fingerprint density at radius 1 is 1.30 bits per heavy atom. The van der Waals surface area contributed by atoms with Crippen molar-refractivity contribution in [3.63, 3.8) is 0 Å².